The van der Waals surface area contributed by atoms with Gasteiger partial charge in [-0.25, -0.2) is 4.79 Å². The summed E-state index contributed by atoms with van der Waals surface area (Å²) in [6.07, 6.45) is 2.57. The van der Waals surface area contributed by atoms with E-state index in [-0.39, 0.29) is 12.0 Å². The predicted octanol–water partition coefficient (Wildman–Crippen LogP) is 2.11. The number of methoxy groups -OCH3 is 1. The highest BCUT2D eigenvalue weighted by Gasteiger charge is 2.28. The van der Waals surface area contributed by atoms with Crippen molar-refractivity contribution in [2.75, 3.05) is 20.3 Å². The summed E-state index contributed by atoms with van der Waals surface area (Å²) >= 11 is 0. The third-order valence-electron chi connectivity index (χ3n) is 3.06. The van der Waals surface area contributed by atoms with Gasteiger partial charge in [-0.1, -0.05) is 18.2 Å². The highest BCUT2D eigenvalue weighted by Crippen LogP contribution is 2.36. The van der Waals surface area contributed by atoms with E-state index in [2.05, 4.69) is 4.99 Å². The van der Waals surface area contributed by atoms with Gasteiger partial charge in [-0.05, 0) is 12.5 Å². The van der Waals surface area contributed by atoms with Crippen LogP contribution in [0.3, 0.4) is 0 Å². The third kappa shape index (κ3) is 2.54. The van der Waals surface area contributed by atoms with Crippen LogP contribution < -0.4 is 4.74 Å². The quantitative estimate of drug-likeness (QED) is 0.591. The topological polar surface area (TPSA) is 47.9 Å². The molecule has 2 atom stereocenters. The molecule has 17 heavy (non-hydrogen) atoms. The zero-order valence-electron chi connectivity index (χ0n) is 9.76. The monoisotopic (exact) mass is 233 g/mol. The van der Waals surface area contributed by atoms with E-state index in [1.165, 1.54) is 0 Å². The van der Waals surface area contributed by atoms with Crippen LogP contribution in [0.1, 0.15) is 18.0 Å². The number of hydrogen-bond donors (Lipinski definition) is 0. The van der Waals surface area contributed by atoms with Gasteiger partial charge in [0.25, 0.3) is 0 Å². The van der Waals surface area contributed by atoms with E-state index in [1.807, 2.05) is 24.3 Å². The van der Waals surface area contributed by atoms with Crippen molar-refractivity contribution >= 4 is 6.08 Å². The van der Waals surface area contributed by atoms with Crippen LogP contribution in [-0.4, -0.2) is 26.4 Å². The number of nitrogens with zero attached hydrogens (tertiary/aromatic N) is 1. The smallest absolute Gasteiger partial charge is 0.235 e. The largest absolute Gasteiger partial charge is 0.496 e. The molecule has 1 aliphatic rings. The van der Waals surface area contributed by atoms with Gasteiger partial charge in [-0.15, -0.1) is 0 Å². The number of rotatable bonds is 4. The molecule has 1 heterocycles. The molecule has 0 amide bonds. The Hall–Kier alpha value is -1.64. The molecule has 1 aliphatic heterocycles. The van der Waals surface area contributed by atoms with Gasteiger partial charge in [-0.2, -0.15) is 4.99 Å². The van der Waals surface area contributed by atoms with Crippen LogP contribution in [0.25, 0.3) is 0 Å². The van der Waals surface area contributed by atoms with E-state index < -0.39 is 0 Å². The Morgan fingerprint density at radius 2 is 2.35 bits per heavy atom. The number of hydrogen-bond acceptors (Lipinski definition) is 4. The molecule has 0 aliphatic carbocycles. The van der Waals surface area contributed by atoms with E-state index in [0.717, 1.165) is 24.3 Å². The number of para-hydroxylation sites is 1. The Bertz CT molecular complexity index is 420. The Morgan fingerprint density at radius 3 is 3.00 bits per heavy atom. The van der Waals surface area contributed by atoms with E-state index >= 15 is 0 Å². The molecule has 0 radical (unpaired) electrons. The van der Waals surface area contributed by atoms with Gasteiger partial charge in [0.1, 0.15) is 5.75 Å². The van der Waals surface area contributed by atoms with E-state index in [0.29, 0.717) is 6.61 Å². The molecule has 90 valence electrons. The fourth-order valence-electron chi connectivity index (χ4n) is 2.20. The van der Waals surface area contributed by atoms with Crippen LogP contribution >= 0.6 is 0 Å². The normalized spacial score (nSPS) is 20.6. The first-order valence-corrected chi connectivity index (χ1v) is 5.64. The summed E-state index contributed by atoms with van der Waals surface area (Å²) in [4.78, 5) is 14.5. The minimum absolute atomic E-state index is 0.217. The molecular formula is C13H15NO3. The lowest BCUT2D eigenvalue weighted by Gasteiger charge is -2.19. The van der Waals surface area contributed by atoms with Crippen LogP contribution in [0.4, 0.5) is 0 Å². The molecule has 0 N–H and O–H groups in total. The van der Waals surface area contributed by atoms with Crippen molar-refractivity contribution in [3.63, 3.8) is 0 Å². The molecule has 1 saturated heterocycles. The second-order valence-electron chi connectivity index (χ2n) is 4.03. The van der Waals surface area contributed by atoms with Gasteiger partial charge in [-0.3, -0.25) is 0 Å². The molecule has 2 rings (SSSR count). The lowest BCUT2D eigenvalue weighted by molar-refractivity contribution is 0.180. The average Bonchev–Trinajstić information content (AvgIpc) is 2.89. The van der Waals surface area contributed by atoms with Crippen molar-refractivity contribution < 1.29 is 14.3 Å². The maximum atomic E-state index is 10.6. The second-order valence-corrected chi connectivity index (χ2v) is 4.03. The lowest BCUT2D eigenvalue weighted by atomic mass is 9.92. The standard InChI is InChI=1S/C13H15NO3/c1-16-12-5-3-2-4-11(12)13(14-9-15)10-6-7-17-8-10/h2-5,10,13H,6-8H2,1H3. The number of benzene rings is 1. The number of aliphatic imine (C=N–C) groups is 1. The van der Waals surface area contributed by atoms with E-state index in [1.54, 1.807) is 13.2 Å². The number of ether oxygens (including phenoxy) is 2. The first kappa shape index (κ1) is 11.8. The first-order chi connectivity index (χ1) is 8.36. The zero-order chi connectivity index (χ0) is 12.1. The number of isocyanates is 1. The number of carbonyl (C=O) groups excluding carboxylic acids is 1. The fraction of sp³-hybridized carbons (Fsp3) is 0.462. The van der Waals surface area contributed by atoms with Gasteiger partial charge in [0.2, 0.25) is 6.08 Å². The highest BCUT2D eigenvalue weighted by molar-refractivity contribution is 5.41. The third-order valence-corrected chi connectivity index (χ3v) is 3.06. The van der Waals surface area contributed by atoms with Gasteiger partial charge >= 0.3 is 0 Å². The molecule has 0 saturated carbocycles. The van der Waals surface area contributed by atoms with Crippen molar-refractivity contribution in [3.05, 3.63) is 29.8 Å². The van der Waals surface area contributed by atoms with Crippen molar-refractivity contribution in [1.29, 1.82) is 0 Å². The van der Waals surface area contributed by atoms with Crippen molar-refractivity contribution in [2.45, 2.75) is 12.5 Å². The predicted molar refractivity (Wildman–Crippen MR) is 62.8 cm³/mol. The van der Waals surface area contributed by atoms with Gasteiger partial charge in [0.05, 0.1) is 19.8 Å². The summed E-state index contributed by atoms with van der Waals surface area (Å²) in [7, 11) is 1.62. The molecular weight excluding hydrogens is 218 g/mol. The average molecular weight is 233 g/mol. The molecule has 1 aromatic rings. The molecule has 4 nitrogen and oxygen atoms in total. The van der Waals surface area contributed by atoms with Crippen molar-refractivity contribution in [3.8, 4) is 5.75 Å². The Balaban J connectivity index is 2.34. The summed E-state index contributed by atoms with van der Waals surface area (Å²) in [5.74, 6) is 0.983. The SMILES string of the molecule is COc1ccccc1C(N=C=O)C1CCOC1. The van der Waals surface area contributed by atoms with Crippen LogP contribution in [0.2, 0.25) is 0 Å². The van der Waals surface area contributed by atoms with Gasteiger partial charge in [0, 0.05) is 18.1 Å². The molecule has 0 spiro atoms. The first-order valence-electron chi connectivity index (χ1n) is 5.64. The molecule has 2 unspecified atom stereocenters. The van der Waals surface area contributed by atoms with E-state index in [4.69, 9.17) is 9.47 Å². The Morgan fingerprint density at radius 1 is 1.53 bits per heavy atom. The summed E-state index contributed by atoms with van der Waals surface area (Å²) in [6.45, 7) is 1.36. The summed E-state index contributed by atoms with van der Waals surface area (Å²) < 4.78 is 10.7. The van der Waals surface area contributed by atoms with Gasteiger partial charge < -0.3 is 9.47 Å². The van der Waals surface area contributed by atoms with Crippen LogP contribution in [0, 0.1) is 5.92 Å². The fourth-order valence-corrected chi connectivity index (χ4v) is 2.20. The van der Waals surface area contributed by atoms with E-state index in [9.17, 15) is 4.79 Å². The summed E-state index contributed by atoms with van der Waals surface area (Å²) in [5.41, 5.74) is 0.925. The maximum Gasteiger partial charge on any atom is 0.235 e. The maximum absolute atomic E-state index is 10.6. The molecule has 1 aromatic carbocycles. The highest BCUT2D eigenvalue weighted by atomic mass is 16.5. The van der Waals surface area contributed by atoms with Crippen molar-refractivity contribution in [2.24, 2.45) is 10.9 Å². The molecule has 0 aromatic heterocycles. The molecule has 0 bridgehead atoms. The van der Waals surface area contributed by atoms with Crippen molar-refractivity contribution in [1.82, 2.24) is 0 Å². The lowest BCUT2D eigenvalue weighted by Crippen LogP contribution is -2.12. The zero-order valence-corrected chi connectivity index (χ0v) is 9.76. The van der Waals surface area contributed by atoms with Crippen LogP contribution in [0.15, 0.2) is 29.3 Å². The van der Waals surface area contributed by atoms with Gasteiger partial charge in [0.15, 0.2) is 0 Å². The van der Waals surface area contributed by atoms with Crippen LogP contribution in [-0.2, 0) is 9.53 Å². The second kappa shape index (κ2) is 5.62. The Kier molecular flexibility index (Phi) is 3.91. The molecule has 4 heteroatoms. The van der Waals surface area contributed by atoms with Crippen LogP contribution in [0.5, 0.6) is 5.75 Å². The summed E-state index contributed by atoms with van der Waals surface area (Å²) in [6, 6.07) is 7.41. The minimum Gasteiger partial charge on any atom is -0.496 e. The molecule has 1 fully saturated rings. The minimum atomic E-state index is -0.217. The Labute approximate surface area is 100 Å². The summed E-state index contributed by atoms with van der Waals surface area (Å²) in [5, 5.41) is 0.